The minimum Gasteiger partial charge on any atom is -0.387 e. The van der Waals surface area contributed by atoms with Crippen LogP contribution in [0, 0.1) is 0 Å². The lowest BCUT2D eigenvalue weighted by atomic mass is 10.0. The number of aliphatic hydroxyl groups is 1. The van der Waals surface area contributed by atoms with E-state index in [1.54, 1.807) is 6.08 Å². The van der Waals surface area contributed by atoms with Crippen LogP contribution in [0.3, 0.4) is 0 Å². The first kappa shape index (κ1) is 59.7. The Labute approximate surface area is 378 Å². The van der Waals surface area contributed by atoms with Crippen LogP contribution >= 0.6 is 7.82 Å². The van der Waals surface area contributed by atoms with Crippen molar-refractivity contribution in [2.75, 3.05) is 40.9 Å². The van der Waals surface area contributed by atoms with Gasteiger partial charge >= 0.3 is 7.82 Å². The maximum absolute atomic E-state index is 12.8. The van der Waals surface area contributed by atoms with Crippen molar-refractivity contribution in [3.8, 4) is 0 Å². The molecule has 0 spiro atoms. The number of unbranched alkanes of at least 4 members (excludes halogenated alkanes) is 30. The van der Waals surface area contributed by atoms with Crippen LogP contribution < -0.4 is 5.32 Å². The fourth-order valence-corrected chi connectivity index (χ4v) is 8.22. The molecule has 1 amide bonds. The molecule has 0 rings (SSSR count). The number of rotatable bonds is 47. The van der Waals surface area contributed by atoms with Crippen LogP contribution in [0.5, 0.6) is 0 Å². The van der Waals surface area contributed by atoms with Gasteiger partial charge in [0.15, 0.2) is 0 Å². The predicted molar refractivity (Wildman–Crippen MR) is 263 cm³/mol. The van der Waals surface area contributed by atoms with Crippen molar-refractivity contribution in [3.63, 3.8) is 0 Å². The van der Waals surface area contributed by atoms with E-state index in [1.165, 1.54) is 173 Å². The lowest BCUT2D eigenvalue weighted by Gasteiger charge is -2.25. The number of allylic oxidation sites excluding steroid dienone is 5. The monoisotopic (exact) mass is 882 g/mol. The molecule has 0 heterocycles. The van der Waals surface area contributed by atoms with E-state index in [2.05, 4.69) is 43.5 Å². The van der Waals surface area contributed by atoms with Crippen molar-refractivity contribution in [2.45, 2.75) is 251 Å². The summed E-state index contributed by atoms with van der Waals surface area (Å²) >= 11 is 0. The quantitative estimate of drug-likeness (QED) is 0.0243. The summed E-state index contributed by atoms with van der Waals surface area (Å²) in [6.45, 7) is 4.78. The van der Waals surface area contributed by atoms with Crippen LogP contribution in [-0.4, -0.2) is 73.4 Å². The number of carbonyl (C=O) groups excluding carboxylic acids is 1. The van der Waals surface area contributed by atoms with Gasteiger partial charge in [-0.2, -0.15) is 0 Å². The predicted octanol–water partition coefficient (Wildman–Crippen LogP) is 15.0. The molecule has 0 radical (unpaired) electrons. The van der Waals surface area contributed by atoms with Crippen molar-refractivity contribution in [3.05, 3.63) is 36.5 Å². The SMILES string of the molecule is CCCCCCCCCCCCCCCCCCCCC/C=C/CC/C=C/CC/C=C/C(O)C(COP(=O)(O)OCC[N+](C)(C)C)NC(=O)CCCCCCCCCCCC. The highest BCUT2D eigenvalue weighted by atomic mass is 31.2. The molecular formula is C52H102N2O6P+. The number of nitrogens with one attached hydrogen (secondary N) is 1. The summed E-state index contributed by atoms with van der Waals surface area (Å²) < 4.78 is 23.5. The molecule has 0 fully saturated rings. The van der Waals surface area contributed by atoms with E-state index in [1.807, 2.05) is 27.2 Å². The van der Waals surface area contributed by atoms with Crippen molar-refractivity contribution in [1.82, 2.24) is 5.32 Å². The zero-order chi connectivity index (χ0) is 45.0. The average Bonchev–Trinajstić information content (AvgIpc) is 3.21. The second-order valence-electron chi connectivity index (χ2n) is 18.9. The first-order valence-electron chi connectivity index (χ1n) is 25.9. The minimum atomic E-state index is -4.35. The van der Waals surface area contributed by atoms with Crippen LogP contribution in [0.25, 0.3) is 0 Å². The van der Waals surface area contributed by atoms with Gasteiger partial charge in [-0.05, 0) is 44.9 Å². The highest BCUT2D eigenvalue weighted by Gasteiger charge is 2.27. The second-order valence-corrected chi connectivity index (χ2v) is 20.3. The lowest BCUT2D eigenvalue weighted by molar-refractivity contribution is -0.870. The molecule has 9 heteroatoms. The molecule has 61 heavy (non-hydrogen) atoms. The average molecular weight is 882 g/mol. The van der Waals surface area contributed by atoms with E-state index in [0.717, 1.165) is 44.9 Å². The Morgan fingerprint density at radius 3 is 1.31 bits per heavy atom. The summed E-state index contributed by atoms with van der Waals surface area (Å²) in [4.78, 5) is 23.1. The van der Waals surface area contributed by atoms with Gasteiger partial charge in [0.1, 0.15) is 13.2 Å². The van der Waals surface area contributed by atoms with Crippen molar-refractivity contribution >= 4 is 13.7 Å². The summed E-state index contributed by atoms with van der Waals surface area (Å²) in [5.74, 6) is -0.193. The summed E-state index contributed by atoms with van der Waals surface area (Å²) in [6, 6.07) is -0.865. The Hall–Kier alpha value is -1.28. The third-order valence-electron chi connectivity index (χ3n) is 11.6. The molecule has 0 aromatic carbocycles. The summed E-state index contributed by atoms with van der Waals surface area (Å²) in [5.41, 5.74) is 0. The number of hydrogen-bond donors (Lipinski definition) is 3. The fraction of sp³-hybridized carbons (Fsp3) is 0.865. The van der Waals surface area contributed by atoms with Crippen molar-refractivity contribution in [2.24, 2.45) is 0 Å². The van der Waals surface area contributed by atoms with Gasteiger partial charge in [0.25, 0.3) is 0 Å². The van der Waals surface area contributed by atoms with Crippen LogP contribution in [-0.2, 0) is 18.4 Å². The van der Waals surface area contributed by atoms with Crippen molar-refractivity contribution in [1.29, 1.82) is 0 Å². The number of phosphoric acid groups is 1. The van der Waals surface area contributed by atoms with Gasteiger partial charge in [-0.1, -0.05) is 224 Å². The van der Waals surface area contributed by atoms with Gasteiger partial charge in [-0.15, -0.1) is 0 Å². The lowest BCUT2D eigenvalue weighted by Crippen LogP contribution is -2.45. The van der Waals surface area contributed by atoms with Gasteiger partial charge in [-0.25, -0.2) is 4.57 Å². The number of likely N-dealkylation sites (N-methyl/N-ethyl adjacent to an activating group) is 1. The maximum atomic E-state index is 12.8. The number of amides is 1. The maximum Gasteiger partial charge on any atom is 0.472 e. The zero-order valence-electron chi connectivity index (χ0n) is 40.9. The zero-order valence-corrected chi connectivity index (χ0v) is 41.8. The standard InChI is InChI=1S/C52H101N2O6P/c1-6-8-10-12-14-16-18-19-20-21-22-23-24-25-26-27-28-29-30-31-32-33-34-35-36-37-39-41-43-45-51(55)50(49-60-61(57,58)59-48-47-54(3,4)5)53-52(56)46-44-42-40-38-17-15-13-11-9-7-2/h32-33,36-37,43,45,50-51,55H,6-31,34-35,38-42,44,46-49H2,1-5H3,(H-,53,56,57,58)/p+1/b33-32+,37-36+,45-43+. The number of phosphoric ester groups is 1. The Bertz CT molecular complexity index is 1090. The number of hydrogen-bond acceptors (Lipinski definition) is 5. The first-order chi connectivity index (χ1) is 29.5. The molecule has 0 saturated heterocycles. The molecule has 0 saturated carbocycles. The Kier molecular flexibility index (Phi) is 43.0. The topological polar surface area (TPSA) is 105 Å². The molecule has 0 aliphatic rings. The molecule has 0 aliphatic heterocycles. The molecule has 3 atom stereocenters. The van der Waals surface area contributed by atoms with E-state index >= 15 is 0 Å². The third-order valence-corrected chi connectivity index (χ3v) is 12.6. The summed E-state index contributed by atoms with van der Waals surface area (Å²) in [5, 5.41) is 13.8. The highest BCUT2D eigenvalue weighted by Crippen LogP contribution is 2.43. The third kappa shape index (κ3) is 46.5. The van der Waals surface area contributed by atoms with Crippen LogP contribution in [0.1, 0.15) is 239 Å². The van der Waals surface area contributed by atoms with E-state index in [0.29, 0.717) is 17.4 Å². The van der Waals surface area contributed by atoms with E-state index in [-0.39, 0.29) is 19.1 Å². The second kappa shape index (κ2) is 43.9. The minimum absolute atomic E-state index is 0.0545. The van der Waals surface area contributed by atoms with Crippen LogP contribution in [0.4, 0.5) is 0 Å². The normalized spacial score (nSPS) is 14.4. The number of aliphatic hydroxyl groups excluding tert-OH is 1. The van der Waals surface area contributed by atoms with E-state index in [4.69, 9.17) is 9.05 Å². The van der Waals surface area contributed by atoms with Crippen LogP contribution in [0.2, 0.25) is 0 Å². The Morgan fingerprint density at radius 2 is 0.902 bits per heavy atom. The highest BCUT2D eigenvalue weighted by molar-refractivity contribution is 7.47. The fourth-order valence-electron chi connectivity index (χ4n) is 7.49. The van der Waals surface area contributed by atoms with Crippen LogP contribution in [0.15, 0.2) is 36.5 Å². The molecule has 3 unspecified atom stereocenters. The van der Waals surface area contributed by atoms with E-state index < -0.39 is 20.0 Å². The summed E-state index contributed by atoms with van der Waals surface area (Å²) in [7, 11) is 1.55. The van der Waals surface area contributed by atoms with E-state index in [9.17, 15) is 19.4 Å². The van der Waals surface area contributed by atoms with Gasteiger partial charge in [0, 0.05) is 6.42 Å². The van der Waals surface area contributed by atoms with Gasteiger partial charge in [0.2, 0.25) is 5.91 Å². The number of nitrogens with zero attached hydrogens (tertiary/aromatic N) is 1. The molecule has 360 valence electrons. The largest absolute Gasteiger partial charge is 0.472 e. The smallest absolute Gasteiger partial charge is 0.387 e. The first-order valence-corrected chi connectivity index (χ1v) is 27.4. The molecule has 8 nitrogen and oxygen atoms in total. The molecule has 0 aromatic rings. The number of carbonyl (C=O) groups is 1. The summed E-state index contributed by atoms with van der Waals surface area (Å²) in [6.07, 6.45) is 55.4. The molecule has 0 aliphatic carbocycles. The molecule has 0 bridgehead atoms. The number of quaternary nitrogens is 1. The molecule has 3 N–H and O–H groups in total. The van der Waals surface area contributed by atoms with Gasteiger partial charge in [0.05, 0.1) is 39.9 Å². The van der Waals surface area contributed by atoms with Gasteiger partial charge < -0.3 is 19.8 Å². The Morgan fingerprint density at radius 1 is 0.541 bits per heavy atom. The Balaban J connectivity index is 4.19. The molecule has 0 aromatic heterocycles. The van der Waals surface area contributed by atoms with Crippen molar-refractivity contribution < 1.29 is 32.9 Å². The molecular weight excluding hydrogens is 780 g/mol. The van der Waals surface area contributed by atoms with Gasteiger partial charge in [-0.3, -0.25) is 13.8 Å².